The number of ether oxygens (including phenoxy) is 1. The van der Waals surface area contributed by atoms with E-state index >= 15 is 0 Å². The number of piperidine rings is 1. The number of nitrogens with zero attached hydrogens (tertiary/aromatic N) is 1. The Labute approximate surface area is 117 Å². The van der Waals surface area contributed by atoms with Crippen molar-refractivity contribution in [3.05, 3.63) is 33.7 Å². The van der Waals surface area contributed by atoms with E-state index in [4.69, 9.17) is 9.84 Å². The maximum atomic E-state index is 12.3. The molecule has 1 fully saturated rings. The summed E-state index contributed by atoms with van der Waals surface area (Å²) in [6.07, 6.45) is 1.55. The molecule has 1 saturated heterocycles. The van der Waals surface area contributed by atoms with Gasteiger partial charge in [-0.3, -0.25) is 9.59 Å². The van der Waals surface area contributed by atoms with Gasteiger partial charge in [-0.25, -0.2) is 0 Å². The lowest BCUT2D eigenvalue weighted by Crippen LogP contribution is -2.42. The molecule has 2 N–H and O–H groups in total. The molecule has 1 aromatic heterocycles. The lowest BCUT2D eigenvalue weighted by atomic mass is 10.1. The number of rotatable bonds is 4. The smallest absolute Gasteiger partial charge is 0.260 e. The predicted octanol–water partition coefficient (Wildman–Crippen LogP) is 0.297. The van der Waals surface area contributed by atoms with Crippen LogP contribution in [0.2, 0.25) is 0 Å². The third kappa shape index (κ3) is 3.46. The maximum Gasteiger partial charge on any atom is 0.260 e. The summed E-state index contributed by atoms with van der Waals surface area (Å²) >= 11 is 0. The van der Waals surface area contributed by atoms with Crippen molar-refractivity contribution in [3.63, 3.8) is 0 Å². The summed E-state index contributed by atoms with van der Waals surface area (Å²) in [5.74, 6) is -0.230. The summed E-state index contributed by atoms with van der Waals surface area (Å²) in [5.41, 5.74) is 0.585. The predicted molar refractivity (Wildman–Crippen MR) is 73.8 cm³/mol. The highest BCUT2D eigenvalue weighted by Gasteiger charge is 2.25. The van der Waals surface area contributed by atoms with Crippen LogP contribution >= 0.6 is 0 Å². The number of amides is 1. The van der Waals surface area contributed by atoms with E-state index in [2.05, 4.69) is 4.98 Å². The second-order valence-electron chi connectivity index (χ2n) is 4.97. The van der Waals surface area contributed by atoms with Crippen molar-refractivity contribution in [2.75, 3.05) is 26.3 Å². The zero-order chi connectivity index (χ0) is 14.5. The molecule has 2 rings (SSSR count). The van der Waals surface area contributed by atoms with Gasteiger partial charge in [0.05, 0.1) is 19.3 Å². The molecule has 0 aliphatic carbocycles. The van der Waals surface area contributed by atoms with Crippen LogP contribution in [0.15, 0.2) is 16.9 Å². The average molecular weight is 280 g/mol. The standard InChI is InChI=1S/C14H20N2O4/c1-10-2-3-12(13(18)15-10)14(19)16-6-4-11(5-7-16)20-9-8-17/h2-3,11,17H,4-9H2,1H3,(H,15,18). The molecular weight excluding hydrogens is 260 g/mol. The zero-order valence-corrected chi connectivity index (χ0v) is 11.6. The molecule has 0 spiro atoms. The molecule has 6 heteroatoms. The number of H-pyrrole nitrogens is 1. The number of carbonyl (C=O) groups excluding carboxylic acids is 1. The molecule has 1 aliphatic heterocycles. The summed E-state index contributed by atoms with van der Waals surface area (Å²) in [5, 5.41) is 8.71. The van der Waals surface area contributed by atoms with Gasteiger partial charge in [0, 0.05) is 18.8 Å². The molecule has 110 valence electrons. The number of aromatic amines is 1. The Morgan fingerprint density at radius 1 is 1.45 bits per heavy atom. The van der Waals surface area contributed by atoms with Crippen LogP contribution in [-0.4, -0.2) is 53.3 Å². The fourth-order valence-electron chi connectivity index (χ4n) is 2.36. The number of aliphatic hydroxyl groups excluding tert-OH is 1. The minimum absolute atomic E-state index is 0.0118. The summed E-state index contributed by atoms with van der Waals surface area (Å²) in [6, 6.07) is 3.30. The second-order valence-corrected chi connectivity index (χ2v) is 4.97. The Hall–Kier alpha value is -1.66. The van der Waals surface area contributed by atoms with Crippen molar-refractivity contribution in [2.24, 2.45) is 0 Å². The second kappa shape index (κ2) is 6.67. The van der Waals surface area contributed by atoms with Crippen molar-refractivity contribution >= 4 is 5.91 Å². The van der Waals surface area contributed by atoms with E-state index in [1.807, 2.05) is 0 Å². The van der Waals surface area contributed by atoms with E-state index in [0.717, 1.165) is 18.5 Å². The van der Waals surface area contributed by atoms with Crippen LogP contribution in [0.1, 0.15) is 28.9 Å². The summed E-state index contributed by atoms with van der Waals surface area (Å²) < 4.78 is 5.45. The molecule has 0 unspecified atom stereocenters. The van der Waals surface area contributed by atoms with Crippen LogP contribution in [0, 0.1) is 6.92 Å². The number of aromatic nitrogens is 1. The normalized spacial score (nSPS) is 16.4. The van der Waals surface area contributed by atoms with Crippen molar-refractivity contribution in [1.82, 2.24) is 9.88 Å². The summed E-state index contributed by atoms with van der Waals surface area (Å²) in [6.45, 7) is 3.26. The Morgan fingerprint density at radius 3 is 2.75 bits per heavy atom. The Kier molecular flexibility index (Phi) is 4.92. The van der Waals surface area contributed by atoms with Gasteiger partial charge in [0.15, 0.2) is 0 Å². The molecular formula is C14H20N2O4. The first kappa shape index (κ1) is 14.7. The van der Waals surface area contributed by atoms with Crippen LogP contribution in [0.3, 0.4) is 0 Å². The van der Waals surface area contributed by atoms with Crippen LogP contribution in [0.4, 0.5) is 0 Å². The van der Waals surface area contributed by atoms with E-state index in [-0.39, 0.29) is 29.7 Å². The van der Waals surface area contributed by atoms with Gasteiger partial charge in [-0.15, -0.1) is 0 Å². The minimum Gasteiger partial charge on any atom is -0.394 e. The van der Waals surface area contributed by atoms with E-state index in [1.165, 1.54) is 0 Å². The topological polar surface area (TPSA) is 82.6 Å². The first-order valence-corrected chi connectivity index (χ1v) is 6.83. The SMILES string of the molecule is Cc1ccc(C(=O)N2CCC(OCCO)CC2)c(=O)[nH]1. The number of aryl methyl sites for hydroxylation is 1. The van der Waals surface area contributed by atoms with E-state index in [0.29, 0.717) is 19.7 Å². The van der Waals surface area contributed by atoms with Crippen LogP contribution < -0.4 is 5.56 Å². The van der Waals surface area contributed by atoms with Gasteiger partial charge in [-0.05, 0) is 31.9 Å². The molecule has 1 aliphatic rings. The third-order valence-corrected chi connectivity index (χ3v) is 3.46. The number of nitrogens with one attached hydrogen (secondary N) is 1. The number of likely N-dealkylation sites (tertiary alicyclic amines) is 1. The van der Waals surface area contributed by atoms with Crippen LogP contribution in [0.5, 0.6) is 0 Å². The Bertz CT molecular complexity index is 518. The van der Waals surface area contributed by atoms with Crippen molar-refractivity contribution in [1.29, 1.82) is 0 Å². The van der Waals surface area contributed by atoms with Crippen molar-refractivity contribution in [2.45, 2.75) is 25.9 Å². The highest BCUT2D eigenvalue weighted by Crippen LogP contribution is 2.15. The first-order valence-electron chi connectivity index (χ1n) is 6.83. The Morgan fingerprint density at radius 2 is 2.15 bits per heavy atom. The molecule has 1 aromatic rings. The number of hydrogen-bond acceptors (Lipinski definition) is 4. The molecule has 0 radical (unpaired) electrons. The maximum absolute atomic E-state index is 12.3. The molecule has 0 bridgehead atoms. The number of hydrogen-bond donors (Lipinski definition) is 2. The molecule has 20 heavy (non-hydrogen) atoms. The van der Waals surface area contributed by atoms with Gasteiger partial charge >= 0.3 is 0 Å². The van der Waals surface area contributed by atoms with E-state index < -0.39 is 0 Å². The molecule has 2 heterocycles. The third-order valence-electron chi connectivity index (χ3n) is 3.46. The number of carbonyl (C=O) groups is 1. The van der Waals surface area contributed by atoms with Gasteiger partial charge in [0.1, 0.15) is 5.56 Å². The lowest BCUT2D eigenvalue weighted by Gasteiger charge is -2.31. The van der Waals surface area contributed by atoms with E-state index in [1.54, 1.807) is 24.0 Å². The van der Waals surface area contributed by atoms with Gasteiger partial charge < -0.3 is 19.7 Å². The van der Waals surface area contributed by atoms with Gasteiger partial charge in [-0.2, -0.15) is 0 Å². The molecule has 6 nitrogen and oxygen atoms in total. The highest BCUT2D eigenvalue weighted by atomic mass is 16.5. The quantitative estimate of drug-likeness (QED) is 0.831. The summed E-state index contributed by atoms with van der Waals surface area (Å²) in [4.78, 5) is 28.4. The average Bonchev–Trinajstić information content (AvgIpc) is 2.45. The molecule has 0 atom stereocenters. The van der Waals surface area contributed by atoms with Crippen LogP contribution in [-0.2, 0) is 4.74 Å². The minimum atomic E-state index is -0.339. The first-order chi connectivity index (χ1) is 9.61. The highest BCUT2D eigenvalue weighted by molar-refractivity contribution is 5.93. The summed E-state index contributed by atoms with van der Waals surface area (Å²) in [7, 11) is 0. The largest absolute Gasteiger partial charge is 0.394 e. The fraction of sp³-hybridized carbons (Fsp3) is 0.571. The van der Waals surface area contributed by atoms with E-state index in [9.17, 15) is 9.59 Å². The van der Waals surface area contributed by atoms with Gasteiger partial charge in [0.25, 0.3) is 11.5 Å². The van der Waals surface area contributed by atoms with Crippen LogP contribution in [0.25, 0.3) is 0 Å². The molecule has 0 saturated carbocycles. The van der Waals surface area contributed by atoms with Crippen molar-refractivity contribution < 1.29 is 14.6 Å². The molecule has 0 aromatic carbocycles. The van der Waals surface area contributed by atoms with Crippen molar-refractivity contribution in [3.8, 4) is 0 Å². The molecule has 1 amide bonds. The number of pyridine rings is 1. The zero-order valence-electron chi connectivity index (χ0n) is 11.6. The fourth-order valence-corrected chi connectivity index (χ4v) is 2.36. The van der Waals surface area contributed by atoms with Gasteiger partial charge in [0.2, 0.25) is 0 Å². The Balaban J connectivity index is 1.96. The van der Waals surface area contributed by atoms with Gasteiger partial charge in [-0.1, -0.05) is 0 Å². The lowest BCUT2D eigenvalue weighted by molar-refractivity contribution is -0.00557. The number of aliphatic hydroxyl groups is 1. The monoisotopic (exact) mass is 280 g/mol.